The van der Waals surface area contributed by atoms with Crippen LogP contribution in [-0.2, 0) is 13.0 Å². The number of aromatic amines is 1. The van der Waals surface area contributed by atoms with Crippen molar-refractivity contribution < 1.29 is 4.79 Å². The number of aromatic nitrogens is 2. The first kappa shape index (κ1) is 15.5. The first-order valence-corrected chi connectivity index (χ1v) is 6.99. The van der Waals surface area contributed by atoms with Crippen LogP contribution >= 0.6 is 23.2 Å². The van der Waals surface area contributed by atoms with Gasteiger partial charge in [0, 0.05) is 22.3 Å². The number of hydrogen-bond acceptors (Lipinski definition) is 3. The summed E-state index contributed by atoms with van der Waals surface area (Å²) in [6.45, 7) is 1.57. The van der Waals surface area contributed by atoms with Crippen molar-refractivity contribution in [2.75, 3.05) is 0 Å². The number of ketones is 1. The molecule has 1 aromatic carbocycles. The fourth-order valence-electron chi connectivity index (χ4n) is 1.87. The summed E-state index contributed by atoms with van der Waals surface area (Å²) < 4.78 is 1.15. The molecule has 0 aliphatic carbocycles. The minimum atomic E-state index is -0.635. The molecule has 0 atom stereocenters. The molecule has 21 heavy (non-hydrogen) atoms. The summed E-state index contributed by atoms with van der Waals surface area (Å²) in [6.07, 6.45) is 1.85. The number of halogens is 2. The second-order valence-corrected chi connectivity index (χ2v) is 5.29. The van der Waals surface area contributed by atoms with E-state index in [1.807, 2.05) is 0 Å². The van der Waals surface area contributed by atoms with Crippen molar-refractivity contribution in [3.05, 3.63) is 66.4 Å². The van der Waals surface area contributed by atoms with Gasteiger partial charge in [-0.15, -0.1) is 0 Å². The fourth-order valence-corrected chi connectivity index (χ4v) is 2.27. The van der Waals surface area contributed by atoms with Gasteiger partial charge in [-0.1, -0.05) is 30.1 Å². The first-order chi connectivity index (χ1) is 9.92. The highest BCUT2D eigenvalue weighted by Gasteiger charge is 2.13. The van der Waals surface area contributed by atoms with E-state index in [-0.39, 0.29) is 22.9 Å². The Morgan fingerprint density at radius 3 is 2.67 bits per heavy atom. The molecular weight excluding hydrogens is 315 g/mol. The Morgan fingerprint density at radius 1 is 1.29 bits per heavy atom. The van der Waals surface area contributed by atoms with E-state index < -0.39 is 11.2 Å². The predicted octanol–water partition coefficient (Wildman–Crippen LogP) is 2.29. The smallest absolute Gasteiger partial charge is 0.293 e. The van der Waals surface area contributed by atoms with Crippen molar-refractivity contribution in [1.82, 2.24) is 9.55 Å². The van der Waals surface area contributed by atoms with Crippen LogP contribution in [0.2, 0.25) is 10.0 Å². The van der Waals surface area contributed by atoms with E-state index in [1.165, 1.54) is 18.3 Å². The molecule has 2 rings (SSSR count). The maximum atomic E-state index is 12.2. The van der Waals surface area contributed by atoms with Crippen LogP contribution < -0.4 is 11.2 Å². The number of Topliss-reactive ketones (excluding diaryl/α,β-unsaturated/α-hetero) is 1. The van der Waals surface area contributed by atoms with Gasteiger partial charge in [-0.3, -0.25) is 19.1 Å². The van der Waals surface area contributed by atoms with Crippen molar-refractivity contribution in [3.63, 3.8) is 0 Å². The van der Waals surface area contributed by atoms with Gasteiger partial charge in [0.05, 0.1) is 11.6 Å². The van der Waals surface area contributed by atoms with E-state index in [0.717, 1.165) is 4.57 Å². The van der Waals surface area contributed by atoms with E-state index in [9.17, 15) is 14.4 Å². The lowest BCUT2D eigenvalue weighted by Gasteiger charge is -2.07. The maximum Gasteiger partial charge on any atom is 0.328 e. The second-order valence-electron chi connectivity index (χ2n) is 4.44. The van der Waals surface area contributed by atoms with Gasteiger partial charge in [-0.25, -0.2) is 4.79 Å². The average Bonchev–Trinajstić information content (AvgIpc) is 2.44. The van der Waals surface area contributed by atoms with E-state index in [1.54, 1.807) is 13.0 Å². The van der Waals surface area contributed by atoms with Crippen LogP contribution in [0.3, 0.4) is 0 Å². The van der Waals surface area contributed by atoms with Crippen LogP contribution in [0.25, 0.3) is 0 Å². The topological polar surface area (TPSA) is 71.9 Å². The monoisotopic (exact) mass is 326 g/mol. The van der Waals surface area contributed by atoms with E-state index in [0.29, 0.717) is 17.0 Å². The maximum absolute atomic E-state index is 12.2. The number of hydrogen-bond donors (Lipinski definition) is 1. The lowest BCUT2D eigenvalue weighted by molar-refractivity contribution is 0.0970. The Bertz CT molecular complexity index is 809. The SMILES string of the molecule is CCc1cn(CC(=O)c2cc(Cl)ccc2Cl)c(=O)[nH]c1=O. The number of H-pyrrole nitrogens is 1. The molecule has 0 aliphatic rings. The van der Waals surface area contributed by atoms with Gasteiger partial charge in [0.2, 0.25) is 0 Å². The van der Waals surface area contributed by atoms with E-state index in [2.05, 4.69) is 4.98 Å². The molecule has 0 fully saturated rings. The summed E-state index contributed by atoms with van der Waals surface area (Å²) in [7, 11) is 0. The second kappa shape index (κ2) is 6.28. The molecule has 0 spiro atoms. The molecule has 5 nitrogen and oxygen atoms in total. The largest absolute Gasteiger partial charge is 0.328 e. The van der Waals surface area contributed by atoms with Gasteiger partial charge in [0.15, 0.2) is 5.78 Å². The fraction of sp³-hybridized carbons (Fsp3) is 0.214. The number of carbonyl (C=O) groups excluding carboxylic acids is 1. The highest BCUT2D eigenvalue weighted by molar-refractivity contribution is 6.35. The van der Waals surface area contributed by atoms with Crippen molar-refractivity contribution >= 4 is 29.0 Å². The molecule has 1 heterocycles. The normalized spacial score (nSPS) is 10.6. The standard InChI is InChI=1S/C14H12Cl2N2O3/c1-2-8-6-18(14(21)17-13(8)20)7-12(19)10-5-9(15)3-4-11(10)16/h3-6H,2,7H2,1H3,(H,17,20,21). The number of benzene rings is 1. The Balaban J connectivity index is 2.38. The minimum Gasteiger partial charge on any atom is -0.293 e. The van der Waals surface area contributed by atoms with Gasteiger partial charge < -0.3 is 0 Å². The molecular formula is C14H12Cl2N2O3. The molecule has 0 saturated carbocycles. The van der Waals surface area contributed by atoms with Gasteiger partial charge in [0.25, 0.3) is 5.56 Å². The van der Waals surface area contributed by atoms with Crippen LogP contribution in [0.15, 0.2) is 34.0 Å². The lowest BCUT2D eigenvalue weighted by Crippen LogP contribution is -2.33. The van der Waals surface area contributed by atoms with Gasteiger partial charge in [-0.2, -0.15) is 0 Å². The van der Waals surface area contributed by atoms with Crippen LogP contribution in [0.1, 0.15) is 22.8 Å². The summed E-state index contributed by atoms with van der Waals surface area (Å²) in [4.78, 5) is 37.6. The van der Waals surface area contributed by atoms with Crippen molar-refractivity contribution in [3.8, 4) is 0 Å². The van der Waals surface area contributed by atoms with Crippen LogP contribution in [0, 0.1) is 0 Å². The summed E-state index contributed by atoms with van der Waals surface area (Å²) in [6, 6.07) is 4.54. The number of nitrogens with one attached hydrogen (secondary N) is 1. The first-order valence-electron chi connectivity index (χ1n) is 6.23. The summed E-state index contributed by atoms with van der Waals surface area (Å²) >= 11 is 11.8. The summed E-state index contributed by atoms with van der Waals surface area (Å²) in [5.41, 5.74) is -0.407. The molecule has 7 heteroatoms. The highest BCUT2D eigenvalue weighted by atomic mass is 35.5. The molecule has 0 saturated heterocycles. The molecule has 0 bridgehead atoms. The third-order valence-electron chi connectivity index (χ3n) is 3.01. The molecule has 110 valence electrons. The van der Waals surface area contributed by atoms with E-state index in [4.69, 9.17) is 23.2 Å². The Kier molecular flexibility index (Phi) is 4.65. The minimum absolute atomic E-state index is 0.220. The number of carbonyl (C=O) groups is 1. The van der Waals surface area contributed by atoms with Crippen LogP contribution in [0.4, 0.5) is 0 Å². The summed E-state index contributed by atoms with van der Waals surface area (Å²) in [5.74, 6) is -0.362. The number of aryl methyl sites for hydroxylation is 1. The summed E-state index contributed by atoms with van der Waals surface area (Å²) in [5, 5.41) is 0.642. The quantitative estimate of drug-likeness (QED) is 0.876. The predicted molar refractivity (Wildman–Crippen MR) is 81.5 cm³/mol. The van der Waals surface area contributed by atoms with Gasteiger partial charge >= 0.3 is 5.69 Å². The van der Waals surface area contributed by atoms with Crippen LogP contribution in [0.5, 0.6) is 0 Å². The zero-order valence-electron chi connectivity index (χ0n) is 11.2. The van der Waals surface area contributed by atoms with Crippen molar-refractivity contribution in [1.29, 1.82) is 0 Å². The molecule has 0 amide bonds. The van der Waals surface area contributed by atoms with Crippen molar-refractivity contribution in [2.24, 2.45) is 0 Å². The molecule has 2 aromatic rings. The molecule has 0 unspecified atom stereocenters. The third kappa shape index (κ3) is 3.43. The Hall–Kier alpha value is -1.85. The zero-order valence-corrected chi connectivity index (χ0v) is 12.7. The number of nitrogens with zero attached hydrogens (tertiary/aromatic N) is 1. The van der Waals surface area contributed by atoms with E-state index >= 15 is 0 Å². The Labute approximate surface area is 130 Å². The molecule has 1 N–H and O–H groups in total. The molecule has 1 aromatic heterocycles. The molecule has 0 radical (unpaired) electrons. The average molecular weight is 327 g/mol. The van der Waals surface area contributed by atoms with Crippen LogP contribution in [-0.4, -0.2) is 15.3 Å². The Morgan fingerprint density at radius 2 is 2.00 bits per heavy atom. The highest BCUT2D eigenvalue weighted by Crippen LogP contribution is 2.21. The van der Waals surface area contributed by atoms with Gasteiger partial charge in [-0.05, 0) is 24.6 Å². The molecule has 0 aliphatic heterocycles. The van der Waals surface area contributed by atoms with Crippen molar-refractivity contribution in [2.45, 2.75) is 19.9 Å². The lowest BCUT2D eigenvalue weighted by atomic mass is 10.1. The zero-order chi connectivity index (χ0) is 15.6. The third-order valence-corrected chi connectivity index (χ3v) is 3.57. The van der Waals surface area contributed by atoms with Gasteiger partial charge in [0.1, 0.15) is 0 Å². The number of rotatable bonds is 4.